The molecule has 1 unspecified atom stereocenters. The number of hydrogen-bond donors (Lipinski definition) is 1. The Hall–Kier alpha value is -2.77. The van der Waals surface area contributed by atoms with E-state index in [0.29, 0.717) is 30.4 Å². The highest BCUT2D eigenvalue weighted by molar-refractivity contribution is 7.98. The molecule has 0 spiro atoms. The van der Waals surface area contributed by atoms with Crippen molar-refractivity contribution in [3.8, 4) is 5.75 Å². The van der Waals surface area contributed by atoms with Crippen molar-refractivity contribution < 1.29 is 27.4 Å². The van der Waals surface area contributed by atoms with Gasteiger partial charge in [-0.25, -0.2) is 9.78 Å². The Kier molecular flexibility index (Phi) is 7.87. The van der Waals surface area contributed by atoms with E-state index in [2.05, 4.69) is 14.7 Å². The van der Waals surface area contributed by atoms with E-state index in [-0.39, 0.29) is 35.5 Å². The first-order valence-corrected chi connectivity index (χ1v) is 12.1. The second-order valence-corrected chi connectivity index (χ2v) is 9.01. The van der Waals surface area contributed by atoms with Gasteiger partial charge in [0.1, 0.15) is 5.75 Å². The van der Waals surface area contributed by atoms with Crippen molar-refractivity contribution in [1.29, 1.82) is 0 Å². The van der Waals surface area contributed by atoms with Crippen molar-refractivity contribution in [3.63, 3.8) is 0 Å². The molecule has 2 aromatic heterocycles. The Balaban J connectivity index is 1.43. The van der Waals surface area contributed by atoms with Gasteiger partial charge in [-0.05, 0) is 43.4 Å². The van der Waals surface area contributed by atoms with Crippen LogP contribution in [0.4, 0.5) is 13.2 Å². The Labute approximate surface area is 202 Å². The molecular formula is C22H25F3N4O5S. The zero-order chi connectivity index (χ0) is 25.0. The van der Waals surface area contributed by atoms with E-state index < -0.39 is 17.6 Å². The summed E-state index contributed by atoms with van der Waals surface area (Å²) in [6.07, 6.45) is -1.64. The number of rotatable bonds is 9. The van der Waals surface area contributed by atoms with Crippen LogP contribution in [0.15, 0.2) is 39.0 Å². The van der Waals surface area contributed by atoms with Crippen LogP contribution in [0.5, 0.6) is 5.75 Å². The highest BCUT2D eigenvalue weighted by atomic mass is 32.2. The molecule has 0 bridgehead atoms. The fraction of sp³-hybridized carbons (Fsp3) is 0.500. The summed E-state index contributed by atoms with van der Waals surface area (Å²) in [5.41, 5.74) is -0.0149. The highest BCUT2D eigenvalue weighted by Gasteiger charge is 2.31. The quantitative estimate of drug-likeness (QED) is 0.344. The molecule has 35 heavy (non-hydrogen) atoms. The third-order valence-electron chi connectivity index (χ3n) is 5.43. The molecule has 1 atom stereocenters. The zero-order valence-corrected chi connectivity index (χ0v) is 19.8. The lowest BCUT2D eigenvalue weighted by molar-refractivity contribution is -0.274. The average molecular weight is 515 g/mol. The van der Waals surface area contributed by atoms with Gasteiger partial charge in [-0.2, -0.15) is 0 Å². The van der Waals surface area contributed by atoms with Crippen molar-refractivity contribution in [2.45, 2.75) is 55.8 Å². The van der Waals surface area contributed by atoms with Crippen molar-refractivity contribution >= 4 is 22.9 Å². The Morgan fingerprint density at radius 2 is 2.11 bits per heavy atom. The van der Waals surface area contributed by atoms with E-state index in [9.17, 15) is 22.8 Å². The molecule has 1 aromatic carbocycles. The fourth-order valence-electron chi connectivity index (χ4n) is 3.76. The van der Waals surface area contributed by atoms with Gasteiger partial charge in [-0.3, -0.25) is 13.9 Å². The number of H-pyrrole nitrogens is 1. The van der Waals surface area contributed by atoms with Crippen molar-refractivity contribution in [3.05, 3.63) is 50.7 Å². The molecule has 1 N–H and O–H groups in total. The summed E-state index contributed by atoms with van der Waals surface area (Å²) in [4.78, 5) is 32.9. The number of hydrogen-bond acceptors (Lipinski definition) is 7. The number of thioether (sulfide) groups is 1. The minimum absolute atomic E-state index is 0.181. The third-order valence-corrected chi connectivity index (χ3v) is 6.38. The third kappa shape index (κ3) is 6.47. The van der Waals surface area contributed by atoms with Crippen LogP contribution in [0.2, 0.25) is 0 Å². The van der Waals surface area contributed by atoms with E-state index in [1.807, 2.05) is 0 Å². The summed E-state index contributed by atoms with van der Waals surface area (Å²) in [6, 6.07) is 5.62. The molecule has 1 aliphatic rings. The molecule has 3 heterocycles. The van der Waals surface area contributed by atoms with E-state index in [1.54, 1.807) is 6.07 Å². The first-order chi connectivity index (χ1) is 16.7. The predicted octanol–water partition coefficient (Wildman–Crippen LogP) is 3.55. The number of aryl methyl sites for hydroxylation is 1. The molecule has 0 radical (unpaired) electrons. The lowest BCUT2D eigenvalue weighted by atomic mass is 10.2. The van der Waals surface area contributed by atoms with Crippen LogP contribution in [0, 0.1) is 0 Å². The van der Waals surface area contributed by atoms with Crippen molar-refractivity contribution in [2.75, 3.05) is 13.2 Å². The van der Waals surface area contributed by atoms with Gasteiger partial charge >= 0.3 is 12.1 Å². The zero-order valence-electron chi connectivity index (χ0n) is 19.0. The van der Waals surface area contributed by atoms with Gasteiger partial charge < -0.3 is 19.2 Å². The summed E-state index contributed by atoms with van der Waals surface area (Å²) in [5.74, 6) is -0.0399. The number of aromatic amines is 1. The number of fused-ring (bicyclic) bond motifs is 1. The van der Waals surface area contributed by atoms with E-state index in [0.717, 1.165) is 23.8 Å². The van der Waals surface area contributed by atoms with E-state index >= 15 is 0 Å². The maximum Gasteiger partial charge on any atom is 0.573 e. The highest BCUT2D eigenvalue weighted by Crippen LogP contribution is 2.27. The maximum absolute atomic E-state index is 12.9. The van der Waals surface area contributed by atoms with Gasteiger partial charge in [0.25, 0.3) is 5.56 Å². The number of nitrogens with one attached hydrogen (secondary N) is 1. The van der Waals surface area contributed by atoms with E-state index in [1.165, 1.54) is 41.6 Å². The van der Waals surface area contributed by atoms with Gasteiger partial charge in [0.05, 0.1) is 6.61 Å². The Morgan fingerprint density at radius 1 is 1.29 bits per heavy atom. The molecule has 4 rings (SSSR count). The number of benzene rings is 1. The predicted molar refractivity (Wildman–Crippen MR) is 122 cm³/mol. The van der Waals surface area contributed by atoms with Crippen LogP contribution < -0.4 is 16.0 Å². The summed E-state index contributed by atoms with van der Waals surface area (Å²) < 4.78 is 54.9. The van der Waals surface area contributed by atoms with Gasteiger partial charge in [-0.1, -0.05) is 23.9 Å². The van der Waals surface area contributed by atoms with Crippen LogP contribution in [0.25, 0.3) is 11.2 Å². The van der Waals surface area contributed by atoms with Crippen LogP contribution in [-0.2, 0) is 28.8 Å². The van der Waals surface area contributed by atoms with Crippen LogP contribution in [0.3, 0.4) is 0 Å². The molecule has 9 nitrogen and oxygen atoms in total. The van der Waals surface area contributed by atoms with Gasteiger partial charge in [-0.15, -0.1) is 13.2 Å². The summed E-state index contributed by atoms with van der Waals surface area (Å²) in [5, 5.41) is 0.366. The van der Waals surface area contributed by atoms with Crippen molar-refractivity contribution in [1.82, 2.24) is 19.1 Å². The van der Waals surface area contributed by atoms with Gasteiger partial charge in [0.2, 0.25) is 0 Å². The van der Waals surface area contributed by atoms with E-state index in [4.69, 9.17) is 9.47 Å². The second-order valence-electron chi connectivity index (χ2n) is 8.04. The first kappa shape index (κ1) is 25.3. The number of alkyl halides is 3. The molecule has 0 aliphatic carbocycles. The molecule has 13 heteroatoms. The molecule has 3 aromatic rings. The molecule has 0 amide bonds. The number of imidazole rings is 1. The van der Waals surface area contributed by atoms with Gasteiger partial charge in [0, 0.05) is 26.0 Å². The SMILES string of the molecule is Cn1c(=O)n(CCCOC2CCCCO2)c(=O)c2[nH]c(SCc3cccc(OC(F)(F)F)c3)nc21. The topological polar surface area (TPSA) is 100 Å². The maximum atomic E-state index is 12.9. The van der Waals surface area contributed by atoms with Crippen LogP contribution in [0.1, 0.15) is 31.2 Å². The molecule has 1 aliphatic heterocycles. The summed E-state index contributed by atoms with van der Waals surface area (Å²) in [7, 11) is 1.53. The minimum atomic E-state index is -4.77. The van der Waals surface area contributed by atoms with Crippen LogP contribution >= 0.6 is 11.8 Å². The Morgan fingerprint density at radius 3 is 2.86 bits per heavy atom. The number of halogens is 3. The summed E-state index contributed by atoms with van der Waals surface area (Å²) in [6.45, 7) is 1.22. The molecular weight excluding hydrogens is 489 g/mol. The molecule has 0 saturated carbocycles. The molecule has 1 saturated heterocycles. The monoisotopic (exact) mass is 514 g/mol. The number of aromatic nitrogens is 4. The lowest BCUT2D eigenvalue weighted by Crippen LogP contribution is -2.39. The molecule has 1 fully saturated rings. The standard InChI is InChI=1S/C22H25F3N4O5S/c1-28-18-17(19(30)29(21(28)31)9-5-11-33-16-8-2-3-10-32-16)26-20(27-18)35-13-14-6-4-7-15(12-14)34-22(23,24)25/h4,6-7,12,16H,2-3,5,8-11,13H2,1H3,(H,26,27). The van der Waals surface area contributed by atoms with Gasteiger partial charge in [0.15, 0.2) is 22.6 Å². The smallest absolute Gasteiger partial charge is 0.406 e. The lowest BCUT2D eigenvalue weighted by Gasteiger charge is -2.22. The largest absolute Gasteiger partial charge is 0.573 e. The number of ether oxygens (including phenoxy) is 3. The summed E-state index contributed by atoms with van der Waals surface area (Å²) >= 11 is 1.19. The van der Waals surface area contributed by atoms with Crippen molar-refractivity contribution in [2.24, 2.45) is 7.05 Å². The fourth-order valence-corrected chi connectivity index (χ4v) is 4.57. The first-order valence-electron chi connectivity index (χ1n) is 11.1. The minimum Gasteiger partial charge on any atom is -0.406 e. The van der Waals surface area contributed by atoms with Crippen LogP contribution in [-0.4, -0.2) is 45.0 Å². The molecule has 190 valence electrons. The normalized spacial score (nSPS) is 16.6. The average Bonchev–Trinajstić information content (AvgIpc) is 3.25. The Bertz CT molecular complexity index is 1280. The number of nitrogens with zero attached hydrogens (tertiary/aromatic N) is 3. The second kappa shape index (κ2) is 10.9.